The zero-order chi connectivity index (χ0) is 16.7. The van der Waals surface area contributed by atoms with Crippen LogP contribution in [0.5, 0.6) is 5.75 Å². The van der Waals surface area contributed by atoms with Crippen LogP contribution in [0, 0.1) is 13.8 Å². The molecule has 0 heterocycles. The van der Waals surface area contributed by atoms with Crippen LogP contribution in [0.2, 0.25) is 0 Å². The van der Waals surface area contributed by atoms with E-state index < -0.39 is 0 Å². The van der Waals surface area contributed by atoms with E-state index in [4.69, 9.17) is 4.74 Å². The van der Waals surface area contributed by atoms with E-state index in [9.17, 15) is 4.79 Å². The first-order valence-corrected chi connectivity index (χ1v) is 7.88. The number of ether oxygens (including phenoxy) is 1. The highest BCUT2D eigenvalue weighted by molar-refractivity contribution is 6.02. The Balaban J connectivity index is 2.06. The molecule has 0 bridgehead atoms. The van der Waals surface area contributed by atoms with E-state index >= 15 is 0 Å². The summed E-state index contributed by atoms with van der Waals surface area (Å²) in [6, 6.07) is 13.7. The van der Waals surface area contributed by atoms with Crippen molar-refractivity contribution >= 4 is 17.7 Å². The van der Waals surface area contributed by atoms with Gasteiger partial charge in [-0.15, -0.1) is 0 Å². The van der Waals surface area contributed by atoms with Gasteiger partial charge in [0.15, 0.2) is 0 Å². The Morgan fingerprint density at radius 2 is 1.96 bits per heavy atom. The molecule has 0 spiro atoms. The fourth-order valence-corrected chi connectivity index (χ4v) is 2.26. The summed E-state index contributed by atoms with van der Waals surface area (Å²) < 4.78 is 5.69. The summed E-state index contributed by atoms with van der Waals surface area (Å²) in [5.74, 6) is 0.646. The van der Waals surface area contributed by atoms with Crippen LogP contribution in [-0.4, -0.2) is 12.5 Å². The molecule has 2 aromatic carbocycles. The van der Waals surface area contributed by atoms with Gasteiger partial charge in [-0.05, 0) is 44.0 Å². The van der Waals surface area contributed by atoms with E-state index in [1.54, 1.807) is 6.08 Å². The molecule has 0 aliphatic rings. The summed E-state index contributed by atoms with van der Waals surface area (Å²) in [6.07, 6.45) is 4.27. The molecule has 0 saturated carbocycles. The molecular formula is C20H23NO2. The van der Waals surface area contributed by atoms with Gasteiger partial charge in [0.25, 0.3) is 0 Å². The number of nitrogens with one attached hydrogen (secondary N) is 1. The van der Waals surface area contributed by atoms with Gasteiger partial charge >= 0.3 is 0 Å². The molecule has 3 nitrogen and oxygen atoms in total. The molecule has 0 aliphatic carbocycles. The maximum absolute atomic E-state index is 12.1. The van der Waals surface area contributed by atoms with Gasteiger partial charge in [-0.3, -0.25) is 4.79 Å². The lowest BCUT2D eigenvalue weighted by Crippen LogP contribution is -2.09. The number of carbonyl (C=O) groups is 1. The zero-order valence-electron chi connectivity index (χ0n) is 13.9. The van der Waals surface area contributed by atoms with Crippen molar-refractivity contribution in [2.75, 3.05) is 11.9 Å². The van der Waals surface area contributed by atoms with Crippen LogP contribution in [0.4, 0.5) is 5.69 Å². The standard InChI is InChI=1S/C20H23NO2/c1-4-13-23-19-8-6-5-7-17(19)10-12-20(22)21-18-11-9-15(2)14-16(18)3/h5-12,14H,4,13H2,1-3H3,(H,21,22). The lowest BCUT2D eigenvalue weighted by atomic mass is 10.1. The maximum atomic E-state index is 12.1. The van der Waals surface area contributed by atoms with Gasteiger partial charge in [0.1, 0.15) is 5.75 Å². The third-order valence-electron chi connectivity index (χ3n) is 3.43. The van der Waals surface area contributed by atoms with Gasteiger partial charge in [0.05, 0.1) is 6.61 Å². The minimum atomic E-state index is -0.151. The lowest BCUT2D eigenvalue weighted by Gasteiger charge is -2.08. The molecule has 0 fully saturated rings. The summed E-state index contributed by atoms with van der Waals surface area (Å²) in [6.45, 7) is 6.75. The number of amides is 1. The Bertz CT molecular complexity index is 705. The average Bonchev–Trinajstić information content (AvgIpc) is 2.54. The van der Waals surface area contributed by atoms with E-state index in [1.165, 1.54) is 11.6 Å². The fraction of sp³-hybridized carbons (Fsp3) is 0.250. The molecule has 0 atom stereocenters. The molecule has 0 unspecified atom stereocenters. The summed E-state index contributed by atoms with van der Waals surface area (Å²) in [5, 5.41) is 2.90. The van der Waals surface area contributed by atoms with Crippen molar-refractivity contribution in [2.45, 2.75) is 27.2 Å². The average molecular weight is 309 g/mol. The predicted octanol–water partition coefficient (Wildman–Crippen LogP) is 4.74. The summed E-state index contributed by atoms with van der Waals surface area (Å²) in [4.78, 5) is 12.1. The van der Waals surface area contributed by atoms with Crippen molar-refractivity contribution in [3.8, 4) is 5.75 Å². The van der Waals surface area contributed by atoms with Gasteiger partial charge < -0.3 is 10.1 Å². The molecule has 1 N–H and O–H groups in total. The summed E-state index contributed by atoms with van der Waals surface area (Å²) >= 11 is 0. The first-order chi connectivity index (χ1) is 11.1. The van der Waals surface area contributed by atoms with Gasteiger partial charge in [-0.1, -0.05) is 42.8 Å². The number of anilines is 1. The van der Waals surface area contributed by atoms with Crippen LogP contribution in [0.3, 0.4) is 0 Å². The van der Waals surface area contributed by atoms with Crippen LogP contribution in [0.15, 0.2) is 48.5 Å². The number of hydrogen-bond donors (Lipinski definition) is 1. The second-order valence-corrected chi connectivity index (χ2v) is 5.53. The third-order valence-corrected chi connectivity index (χ3v) is 3.43. The van der Waals surface area contributed by atoms with Gasteiger partial charge in [0, 0.05) is 17.3 Å². The third kappa shape index (κ3) is 4.99. The largest absolute Gasteiger partial charge is 0.493 e. The van der Waals surface area contributed by atoms with Crippen LogP contribution < -0.4 is 10.1 Å². The number of carbonyl (C=O) groups excluding carboxylic acids is 1. The topological polar surface area (TPSA) is 38.3 Å². The van der Waals surface area contributed by atoms with E-state index in [0.717, 1.165) is 29.0 Å². The molecule has 3 heteroatoms. The summed E-state index contributed by atoms with van der Waals surface area (Å²) in [5.41, 5.74) is 3.97. The van der Waals surface area contributed by atoms with E-state index in [-0.39, 0.29) is 5.91 Å². The molecule has 2 rings (SSSR count). The van der Waals surface area contributed by atoms with E-state index in [2.05, 4.69) is 12.2 Å². The number of para-hydroxylation sites is 1. The highest BCUT2D eigenvalue weighted by Crippen LogP contribution is 2.20. The molecule has 2 aromatic rings. The number of rotatable bonds is 6. The number of benzene rings is 2. The van der Waals surface area contributed by atoms with Gasteiger partial charge in [-0.25, -0.2) is 0 Å². The quantitative estimate of drug-likeness (QED) is 0.782. The van der Waals surface area contributed by atoms with Crippen molar-refractivity contribution in [2.24, 2.45) is 0 Å². The zero-order valence-corrected chi connectivity index (χ0v) is 13.9. The Morgan fingerprint density at radius 1 is 1.17 bits per heavy atom. The second kappa shape index (κ2) is 8.18. The predicted molar refractivity (Wildman–Crippen MR) is 95.8 cm³/mol. The second-order valence-electron chi connectivity index (χ2n) is 5.53. The van der Waals surface area contributed by atoms with Gasteiger partial charge in [0.2, 0.25) is 5.91 Å². The Kier molecular flexibility index (Phi) is 5.98. The normalized spacial score (nSPS) is 10.7. The van der Waals surface area contributed by atoms with Crippen molar-refractivity contribution in [1.29, 1.82) is 0 Å². The Labute approximate surface area is 138 Å². The molecular weight excluding hydrogens is 286 g/mol. The molecule has 120 valence electrons. The van der Waals surface area contributed by atoms with Crippen molar-refractivity contribution in [3.63, 3.8) is 0 Å². The van der Waals surface area contributed by atoms with Crippen LogP contribution >= 0.6 is 0 Å². The molecule has 1 amide bonds. The Hall–Kier alpha value is -2.55. The van der Waals surface area contributed by atoms with E-state index in [1.807, 2.05) is 56.3 Å². The van der Waals surface area contributed by atoms with Gasteiger partial charge in [-0.2, -0.15) is 0 Å². The van der Waals surface area contributed by atoms with E-state index in [0.29, 0.717) is 6.61 Å². The minimum absolute atomic E-state index is 0.151. The van der Waals surface area contributed by atoms with Crippen molar-refractivity contribution < 1.29 is 9.53 Å². The lowest BCUT2D eigenvalue weighted by molar-refractivity contribution is -0.111. The van der Waals surface area contributed by atoms with Crippen molar-refractivity contribution in [3.05, 3.63) is 65.2 Å². The Morgan fingerprint density at radius 3 is 2.70 bits per heavy atom. The molecule has 23 heavy (non-hydrogen) atoms. The first kappa shape index (κ1) is 16.8. The monoisotopic (exact) mass is 309 g/mol. The molecule has 0 aliphatic heterocycles. The highest BCUT2D eigenvalue weighted by Gasteiger charge is 2.03. The van der Waals surface area contributed by atoms with Crippen LogP contribution in [0.25, 0.3) is 6.08 Å². The van der Waals surface area contributed by atoms with Crippen molar-refractivity contribution in [1.82, 2.24) is 0 Å². The van der Waals surface area contributed by atoms with Crippen LogP contribution in [-0.2, 0) is 4.79 Å². The highest BCUT2D eigenvalue weighted by atomic mass is 16.5. The number of aryl methyl sites for hydroxylation is 2. The number of hydrogen-bond acceptors (Lipinski definition) is 2. The molecule has 0 aromatic heterocycles. The first-order valence-electron chi connectivity index (χ1n) is 7.88. The maximum Gasteiger partial charge on any atom is 0.248 e. The van der Waals surface area contributed by atoms with Crippen LogP contribution in [0.1, 0.15) is 30.0 Å². The summed E-state index contributed by atoms with van der Waals surface area (Å²) in [7, 11) is 0. The SMILES string of the molecule is CCCOc1ccccc1C=CC(=O)Nc1ccc(C)cc1C. The fourth-order valence-electron chi connectivity index (χ4n) is 2.26. The smallest absolute Gasteiger partial charge is 0.248 e. The molecule has 0 radical (unpaired) electrons. The minimum Gasteiger partial charge on any atom is -0.493 e. The molecule has 0 saturated heterocycles.